The van der Waals surface area contributed by atoms with E-state index in [1.807, 2.05) is 0 Å². The molecule has 1 unspecified atom stereocenters. The highest BCUT2D eigenvalue weighted by atomic mass is 16.5. The molecule has 2 amide bonds. The summed E-state index contributed by atoms with van der Waals surface area (Å²) in [5, 5.41) is 11.3. The van der Waals surface area contributed by atoms with Gasteiger partial charge in [0.05, 0.1) is 6.61 Å². The highest BCUT2D eigenvalue weighted by molar-refractivity contribution is 5.86. The van der Waals surface area contributed by atoms with Gasteiger partial charge in [-0.1, -0.05) is 41.5 Å². The molecule has 0 aliphatic heterocycles. The first-order chi connectivity index (χ1) is 9.23. The maximum absolute atomic E-state index is 11.3. The van der Waals surface area contributed by atoms with Crippen molar-refractivity contribution in [1.29, 1.82) is 0 Å². The van der Waals surface area contributed by atoms with Crippen molar-refractivity contribution < 1.29 is 24.2 Å². The summed E-state index contributed by atoms with van der Waals surface area (Å²) >= 11 is 0. The normalized spacial score (nSPS) is 12.6. The van der Waals surface area contributed by atoms with Crippen molar-refractivity contribution in [3.8, 4) is 0 Å². The summed E-state index contributed by atoms with van der Waals surface area (Å²) in [6.45, 7) is 12.2. The van der Waals surface area contributed by atoms with Crippen molar-refractivity contribution in [2.24, 2.45) is 16.6 Å². The Hall–Kier alpha value is -1.63. The zero-order chi connectivity index (χ0) is 17.4. The van der Waals surface area contributed by atoms with Crippen LogP contribution >= 0.6 is 0 Å². The molecule has 0 aliphatic rings. The van der Waals surface area contributed by atoms with E-state index in [1.54, 1.807) is 48.5 Å². The third-order valence-electron chi connectivity index (χ3n) is 2.20. The van der Waals surface area contributed by atoms with Gasteiger partial charge in [-0.15, -0.1) is 0 Å². The summed E-state index contributed by atoms with van der Waals surface area (Å²) in [6, 6.07) is 0. The maximum atomic E-state index is 11.3. The van der Waals surface area contributed by atoms with E-state index in [1.165, 1.54) is 0 Å². The van der Waals surface area contributed by atoms with Crippen molar-refractivity contribution >= 4 is 17.8 Å². The molecular weight excluding hydrogens is 276 g/mol. The molecule has 0 fully saturated rings. The average Bonchev–Trinajstić information content (AvgIpc) is 2.27. The first kappa shape index (κ1) is 21.7. The van der Waals surface area contributed by atoms with Crippen LogP contribution in [-0.4, -0.2) is 35.7 Å². The van der Waals surface area contributed by atoms with Gasteiger partial charge in [0.15, 0.2) is 0 Å². The topological polar surface area (TPSA) is 119 Å². The summed E-state index contributed by atoms with van der Waals surface area (Å²) in [7, 11) is 0. The fraction of sp³-hybridized carbons (Fsp3) is 0.786. The molecule has 0 aromatic rings. The standard InChI is InChI=1S/C9H17NO4.C5H11NO/c1-5-14-7(12)6(11)10-8(13)9(2,3)4;1-5(2,3)4(6)7/h6,11H,5H2,1-4H3,(H,10,13);1-3H3,(H2,6,7). The van der Waals surface area contributed by atoms with Crippen molar-refractivity contribution in [3.63, 3.8) is 0 Å². The molecule has 0 spiro atoms. The third kappa shape index (κ3) is 10.8. The van der Waals surface area contributed by atoms with Crippen molar-refractivity contribution in [3.05, 3.63) is 0 Å². The predicted molar refractivity (Wildman–Crippen MR) is 78.9 cm³/mol. The van der Waals surface area contributed by atoms with E-state index in [9.17, 15) is 19.5 Å². The highest BCUT2D eigenvalue weighted by Gasteiger charge is 2.26. The fourth-order valence-corrected chi connectivity index (χ4v) is 0.621. The van der Waals surface area contributed by atoms with Gasteiger partial charge in [-0.25, -0.2) is 4.79 Å². The number of aliphatic hydroxyl groups excluding tert-OH is 1. The molecule has 0 rings (SSSR count). The van der Waals surface area contributed by atoms with Crippen LogP contribution in [-0.2, 0) is 19.1 Å². The van der Waals surface area contributed by atoms with Crippen LogP contribution in [0.1, 0.15) is 48.5 Å². The lowest BCUT2D eigenvalue weighted by atomic mass is 9.96. The second kappa shape index (κ2) is 8.61. The number of primary amides is 1. The number of esters is 1. The summed E-state index contributed by atoms with van der Waals surface area (Å²) in [5.74, 6) is -1.50. The summed E-state index contributed by atoms with van der Waals surface area (Å²) in [6.07, 6.45) is -1.58. The van der Waals surface area contributed by atoms with Gasteiger partial charge in [0, 0.05) is 10.8 Å². The highest BCUT2D eigenvalue weighted by Crippen LogP contribution is 2.12. The number of aliphatic hydroxyl groups is 1. The van der Waals surface area contributed by atoms with Gasteiger partial charge in [0.2, 0.25) is 18.0 Å². The molecule has 0 aliphatic carbocycles. The summed E-state index contributed by atoms with van der Waals surface area (Å²) in [5.41, 5.74) is 3.92. The first-order valence-electron chi connectivity index (χ1n) is 6.69. The molecule has 0 aromatic heterocycles. The Labute approximate surface area is 126 Å². The Morgan fingerprint density at radius 1 is 1.10 bits per heavy atom. The molecular formula is C14H28N2O5. The van der Waals surface area contributed by atoms with Crippen molar-refractivity contribution in [2.45, 2.75) is 54.7 Å². The van der Waals surface area contributed by atoms with E-state index >= 15 is 0 Å². The molecule has 1 atom stereocenters. The van der Waals surface area contributed by atoms with E-state index in [0.29, 0.717) is 0 Å². The lowest BCUT2D eigenvalue weighted by Crippen LogP contribution is -2.46. The minimum absolute atomic E-state index is 0.168. The Morgan fingerprint density at radius 2 is 1.48 bits per heavy atom. The molecule has 0 heterocycles. The fourth-order valence-electron chi connectivity index (χ4n) is 0.621. The number of nitrogens with two attached hydrogens (primary N) is 1. The Kier molecular flexibility index (Phi) is 8.88. The zero-order valence-corrected chi connectivity index (χ0v) is 13.9. The quantitative estimate of drug-likeness (QED) is 0.519. The molecule has 0 aromatic carbocycles. The van der Waals surface area contributed by atoms with E-state index in [-0.39, 0.29) is 17.9 Å². The molecule has 7 heteroatoms. The van der Waals surface area contributed by atoms with Crippen LogP contribution in [0.25, 0.3) is 0 Å². The smallest absolute Gasteiger partial charge is 0.356 e. The molecule has 0 radical (unpaired) electrons. The van der Waals surface area contributed by atoms with E-state index in [0.717, 1.165) is 0 Å². The van der Waals surface area contributed by atoms with Crippen LogP contribution in [0.5, 0.6) is 0 Å². The van der Waals surface area contributed by atoms with E-state index < -0.39 is 23.5 Å². The number of carbonyl (C=O) groups excluding carboxylic acids is 3. The first-order valence-corrected chi connectivity index (χ1v) is 6.69. The van der Waals surface area contributed by atoms with Crippen LogP contribution in [0.3, 0.4) is 0 Å². The number of amides is 2. The predicted octanol–water partition coefficient (Wildman–Crippen LogP) is 0.548. The Balaban J connectivity index is 0. The molecule has 4 N–H and O–H groups in total. The third-order valence-corrected chi connectivity index (χ3v) is 2.20. The van der Waals surface area contributed by atoms with E-state index in [4.69, 9.17) is 5.73 Å². The van der Waals surface area contributed by atoms with Gasteiger partial charge in [0.25, 0.3) is 0 Å². The largest absolute Gasteiger partial charge is 0.463 e. The monoisotopic (exact) mass is 304 g/mol. The second-order valence-electron chi connectivity index (χ2n) is 6.49. The number of nitrogens with one attached hydrogen (secondary N) is 1. The number of hydrogen-bond donors (Lipinski definition) is 3. The van der Waals surface area contributed by atoms with Gasteiger partial charge < -0.3 is 20.9 Å². The summed E-state index contributed by atoms with van der Waals surface area (Å²) < 4.78 is 4.51. The Morgan fingerprint density at radius 3 is 1.71 bits per heavy atom. The minimum Gasteiger partial charge on any atom is -0.463 e. The van der Waals surface area contributed by atoms with Crippen molar-refractivity contribution in [2.75, 3.05) is 6.61 Å². The zero-order valence-electron chi connectivity index (χ0n) is 13.9. The number of ether oxygens (including phenoxy) is 1. The van der Waals surface area contributed by atoms with Crippen LogP contribution in [0.4, 0.5) is 0 Å². The number of carbonyl (C=O) groups is 3. The van der Waals surface area contributed by atoms with Crippen LogP contribution < -0.4 is 11.1 Å². The molecule has 124 valence electrons. The lowest BCUT2D eigenvalue weighted by molar-refractivity contribution is -0.158. The van der Waals surface area contributed by atoms with Crippen LogP contribution in [0.15, 0.2) is 0 Å². The molecule has 7 nitrogen and oxygen atoms in total. The molecule has 0 saturated carbocycles. The van der Waals surface area contributed by atoms with Crippen LogP contribution in [0, 0.1) is 10.8 Å². The SMILES string of the molecule is CC(C)(C)C(N)=O.CCOC(=O)C(O)NC(=O)C(C)(C)C. The van der Waals surface area contributed by atoms with E-state index in [2.05, 4.69) is 10.1 Å². The minimum atomic E-state index is -1.58. The molecule has 0 bridgehead atoms. The maximum Gasteiger partial charge on any atom is 0.356 e. The van der Waals surface area contributed by atoms with Crippen molar-refractivity contribution in [1.82, 2.24) is 5.32 Å². The number of rotatable bonds is 3. The van der Waals surface area contributed by atoms with Gasteiger partial charge in [-0.05, 0) is 6.92 Å². The Bertz CT molecular complexity index is 367. The summed E-state index contributed by atoms with van der Waals surface area (Å²) in [4.78, 5) is 32.5. The van der Waals surface area contributed by atoms with Gasteiger partial charge in [-0.3, -0.25) is 9.59 Å². The average molecular weight is 304 g/mol. The van der Waals surface area contributed by atoms with Crippen LogP contribution in [0.2, 0.25) is 0 Å². The second-order valence-corrected chi connectivity index (χ2v) is 6.49. The van der Waals surface area contributed by atoms with Gasteiger partial charge >= 0.3 is 5.97 Å². The molecule has 0 saturated heterocycles. The number of hydrogen-bond acceptors (Lipinski definition) is 5. The lowest BCUT2D eigenvalue weighted by Gasteiger charge is -2.19. The van der Waals surface area contributed by atoms with Gasteiger partial charge in [0.1, 0.15) is 0 Å². The molecule has 21 heavy (non-hydrogen) atoms. The van der Waals surface area contributed by atoms with Gasteiger partial charge in [-0.2, -0.15) is 0 Å².